The van der Waals surface area contributed by atoms with E-state index in [1.54, 1.807) is 12.1 Å². The summed E-state index contributed by atoms with van der Waals surface area (Å²) >= 11 is 0. The van der Waals surface area contributed by atoms with Crippen molar-refractivity contribution in [2.45, 2.75) is 25.9 Å². The number of benzene rings is 2. The van der Waals surface area contributed by atoms with Crippen LogP contribution in [0.15, 0.2) is 48.5 Å². The molecule has 0 bridgehead atoms. The molecule has 1 aliphatic heterocycles. The number of nitrogens with zero attached hydrogens (tertiary/aromatic N) is 1. The second kappa shape index (κ2) is 6.84. The van der Waals surface area contributed by atoms with Crippen LogP contribution in [-0.4, -0.2) is 24.1 Å². The maximum absolute atomic E-state index is 12.2. The molecule has 1 heterocycles. The lowest BCUT2D eigenvalue weighted by atomic mass is 10.1. The van der Waals surface area contributed by atoms with Gasteiger partial charge in [-0.1, -0.05) is 30.3 Å². The Hall–Kier alpha value is -2.33. The molecule has 2 aromatic rings. The third-order valence-electron chi connectivity index (χ3n) is 4.30. The normalized spacial score (nSPS) is 15.5. The molecule has 3 rings (SSSR count). The highest BCUT2D eigenvalue weighted by molar-refractivity contribution is 5.95. The Kier molecular flexibility index (Phi) is 4.63. The fourth-order valence-electron chi connectivity index (χ4n) is 2.95. The number of hydrogen-bond donors (Lipinski definition) is 2. The number of amides is 1. The van der Waals surface area contributed by atoms with Gasteiger partial charge in [0.05, 0.1) is 0 Å². The third-order valence-corrected chi connectivity index (χ3v) is 4.30. The quantitative estimate of drug-likeness (QED) is 0.911. The van der Waals surface area contributed by atoms with E-state index in [0.717, 1.165) is 24.3 Å². The number of carbonyl (C=O) groups excluding carboxylic acids is 1. The van der Waals surface area contributed by atoms with E-state index in [-0.39, 0.29) is 0 Å². The number of anilines is 2. The van der Waals surface area contributed by atoms with Gasteiger partial charge in [0, 0.05) is 24.5 Å². The zero-order valence-corrected chi connectivity index (χ0v) is 13.3. The minimum Gasteiger partial charge on any atom is -0.378 e. The SMILES string of the molecule is Cc1cc(N2CCCC2)ccc1NC(=O)C(O)c1ccccc1. The molecule has 0 aromatic heterocycles. The van der Waals surface area contributed by atoms with Gasteiger partial charge in [-0.15, -0.1) is 0 Å². The summed E-state index contributed by atoms with van der Waals surface area (Å²) in [4.78, 5) is 14.6. The average molecular weight is 310 g/mol. The summed E-state index contributed by atoms with van der Waals surface area (Å²) in [5.74, 6) is -0.409. The number of aliphatic hydroxyl groups is 1. The summed E-state index contributed by atoms with van der Waals surface area (Å²) in [5, 5.41) is 13.0. The maximum atomic E-state index is 12.2. The Bertz CT molecular complexity index is 679. The molecule has 1 fully saturated rings. The maximum Gasteiger partial charge on any atom is 0.257 e. The Morgan fingerprint density at radius 3 is 2.48 bits per heavy atom. The van der Waals surface area contributed by atoms with Crippen molar-refractivity contribution >= 4 is 17.3 Å². The lowest BCUT2D eigenvalue weighted by Gasteiger charge is -2.20. The van der Waals surface area contributed by atoms with Crippen LogP contribution in [-0.2, 0) is 4.79 Å². The van der Waals surface area contributed by atoms with Gasteiger partial charge in [0.2, 0.25) is 0 Å². The zero-order chi connectivity index (χ0) is 16.2. The summed E-state index contributed by atoms with van der Waals surface area (Å²) in [7, 11) is 0. The lowest BCUT2D eigenvalue weighted by molar-refractivity contribution is -0.124. The van der Waals surface area contributed by atoms with Crippen LogP contribution in [0.1, 0.15) is 30.1 Å². The van der Waals surface area contributed by atoms with Crippen molar-refractivity contribution in [3.05, 3.63) is 59.7 Å². The van der Waals surface area contributed by atoms with Crippen LogP contribution in [0.3, 0.4) is 0 Å². The van der Waals surface area contributed by atoms with Crippen molar-refractivity contribution < 1.29 is 9.90 Å². The fourth-order valence-corrected chi connectivity index (χ4v) is 2.95. The van der Waals surface area contributed by atoms with E-state index in [1.165, 1.54) is 18.5 Å². The molecule has 0 aliphatic carbocycles. The number of hydrogen-bond acceptors (Lipinski definition) is 3. The van der Waals surface area contributed by atoms with Gasteiger partial charge in [-0.2, -0.15) is 0 Å². The first-order valence-corrected chi connectivity index (χ1v) is 8.04. The molecule has 1 unspecified atom stereocenters. The number of aliphatic hydroxyl groups excluding tert-OH is 1. The van der Waals surface area contributed by atoms with Crippen LogP contribution >= 0.6 is 0 Å². The topological polar surface area (TPSA) is 52.6 Å². The summed E-state index contributed by atoms with van der Waals surface area (Å²) in [6, 6.07) is 15.0. The van der Waals surface area contributed by atoms with Gasteiger partial charge >= 0.3 is 0 Å². The highest BCUT2D eigenvalue weighted by Gasteiger charge is 2.18. The van der Waals surface area contributed by atoms with Crippen molar-refractivity contribution in [3.63, 3.8) is 0 Å². The van der Waals surface area contributed by atoms with Gasteiger partial charge in [0.1, 0.15) is 0 Å². The number of carbonyl (C=O) groups is 1. The molecule has 4 nitrogen and oxygen atoms in total. The number of aryl methyl sites for hydroxylation is 1. The van der Waals surface area contributed by atoms with E-state index in [2.05, 4.69) is 16.3 Å². The highest BCUT2D eigenvalue weighted by atomic mass is 16.3. The molecule has 0 saturated carbocycles. The Morgan fingerprint density at radius 1 is 1.13 bits per heavy atom. The Labute approximate surface area is 136 Å². The standard InChI is InChI=1S/C19H22N2O2/c1-14-13-16(21-11-5-6-12-21)9-10-17(14)20-19(23)18(22)15-7-3-2-4-8-15/h2-4,7-10,13,18,22H,5-6,11-12H2,1H3,(H,20,23). The Balaban J connectivity index is 1.71. The second-order valence-corrected chi connectivity index (χ2v) is 6.00. The van der Waals surface area contributed by atoms with E-state index >= 15 is 0 Å². The fraction of sp³-hybridized carbons (Fsp3) is 0.316. The van der Waals surface area contributed by atoms with E-state index < -0.39 is 12.0 Å². The van der Waals surface area contributed by atoms with Crippen LogP contribution in [0.2, 0.25) is 0 Å². The van der Waals surface area contributed by atoms with Gasteiger partial charge < -0.3 is 15.3 Å². The minimum atomic E-state index is -1.16. The molecule has 1 atom stereocenters. The molecule has 1 aliphatic rings. The molecule has 1 saturated heterocycles. The van der Waals surface area contributed by atoms with E-state index in [9.17, 15) is 9.90 Å². The summed E-state index contributed by atoms with van der Waals surface area (Å²) in [5.41, 5.74) is 3.54. The molecular weight excluding hydrogens is 288 g/mol. The van der Waals surface area contributed by atoms with Crippen molar-refractivity contribution in [2.75, 3.05) is 23.3 Å². The van der Waals surface area contributed by atoms with Gasteiger partial charge in [0.15, 0.2) is 6.10 Å². The van der Waals surface area contributed by atoms with E-state index in [0.29, 0.717) is 5.56 Å². The largest absolute Gasteiger partial charge is 0.378 e. The molecule has 120 valence electrons. The molecule has 2 aromatic carbocycles. The van der Waals surface area contributed by atoms with Gasteiger partial charge in [-0.3, -0.25) is 4.79 Å². The number of rotatable bonds is 4. The Morgan fingerprint density at radius 2 is 1.83 bits per heavy atom. The van der Waals surface area contributed by atoms with Gasteiger partial charge in [-0.05, 0) is 49.1 Å². The molecule has 4 heteroatoms. The predicted molar refractivity (Wildman–Crippen MR) is 92.7 cm³/mol. The summed E-state index contributed by atoms with van der Waals surface area (Å²) < 4.78 is 0. The smallest absolute Gasteiger partial charge is 0.257 e. The molecular formula is C19H22N2O2. The predicted octanol–water partition coefficient (Wildman–Crippen LogP) is 3.27. The van der Waals surface area contributed by atoms with Crippen LogP contribution in [0.4, 0.5) is 11.4 Å². The molecule has 0 radical (unpaired) electrons. The van der Waals surface area contributed by atoms with Crippen molar-refractivity contribution in [2.24, 2.45) is 0 Å². The third kappa shape index (κ3) is 3.54. The van der Waals surface area contributed by atoms with Gasteiger partial charge in [-0.25, -0.2) is 0 Å². The number of nitrogens with one attached hydrogen (secondary N) is 1. The molecule has 1 amide bonds. The molecule has 2 N–H and O–H groups in total. The van der Waals surface area contributed by atoms with Crippen LogP contribution in [0, 0.1) is 6.92 Å². The van der Waals surface area contributed by atoms with E-state index in [1.807, 2.05) is 37.3 Å². The summed E-state index contributed by atoms with van der Waals surface area (Å²) in [6.45, 7) is 4.17. The lowest BCUT2D eigenvalue weighted by Crippen LogP contribution is -2.22. The molecule has 0 spiro atoms. The first-order chi connectivity index (χ1) is 11.1. The zero-order valence-electron chi connectivity index (χ0n) is 13.3. The van der Waals surface area contributed by atoms with E-state index in [4.69, 9.17) is 0 Å². The van der Waals surface area contributed by atoms with Crippen molar-refractivity contribution in [3.8, 4) is 0 Å². The minimum absolute atomic E-state index is 0.409. The van der Waals surface area contributed by atoms with Gasteiger partial charge in [0.25, 0.3) is 5.91 Å². The molecule has 23 heavy (non-hydrogen) atoms. The van der Waals surface area contributed by atoms with Crippen LogP contribution in [0.25, 0.3) is 0 Å². The first kappa shape index (κ1) is 15.6. The highest BCUT2D eigenvalue weighted by Crippen LogP contribution is 2.26. The van der Waals surface area contributed by atoms with Crippen LogP contribution in [0.5, 0.6) is 0 Å². The monoisotopic (exact) mass is 310 g/mol. The average Bonchev–Trinajstić information content (AvgIpc) is 3.11. The first-order valence-electron chi connectivity index (χ1n) is 8.04. The second-order valence-electron chi connectivity index (χ2n) is 6.00. The van der Waals surface area contributed by atoms with Crippen LogP contribution < -0.4 is 10.2 Å². The van der Waals surface area contributed by atoms with Crippen molar-refractivity contribution in [1.82, 2.24) is 0 Å². The summed E-state index contributed by atoms with van der Waals surface area (Å²) in [6.07, 6.45) is 1.32. The van der Waals surface area contributed by atoms with Crippen molar-refractivity contribution in [1.29, 1.82) is 0 Å².